The average molecular weight is 327 g/mol. The molecule has 0 saturated heterocycles. The summed E-state index contributed by atoms with van der Waals surface area (Å²) < 4.78 is 20.5. The molecule has 0 unspecified atom stereocenters. The molecule has 4 nitrogen and oxygen atoms in total. The Morgan fingerprint density at radius 2 is 2.06 bits per heavy atom. The summed E-state index contributed by atoms with van der Waals surface area (Å²) in [4.78, 5) is 11.9. The zero-order valence-electron chi connectivity index (χ0n) is 8.28. The van der Waals surface area contributed by atoms with Crippen molar-refractivity contribution in [2.24, 2.45) is 0 Å². The van der Waals surface area contributed by atoms with Crippen LogP contribution in [0.4, 0.5) is 5.69 Å². The standard InChI is InChI=1S/C9H9BrClNO3S/c1-16(14,15)9(10,11)8(13)6-3-2-4-7(12)5-6/h2-5H,12H2,1H3/t9-/m1/s1. The van der Waals surface area contributed by atoms with Gasteiger partial charge in [-0.05, 0) is 28.1 Å². The molecule has 0 bridgehead atoms. The van der Waals surface area contributed by atoms with E-state index in [1.54, 1.807) is 12.1 Å². The second kappa shape index (κ2) is 4.35. The van der Waals surface area contributed by atoms with E-state index in [-0.39, 0.29) is 5.56 Å². The Labute approximate surface area is 107 Å². The Bertz CT molecular complexity index is 527. The van der Waals surface area contributed by atoms with Crippen molar-refractivity contribution < 1.29 is 13.2 Å². The van der Waals surface area contributed by atoms with Crippen LogP contribution in [0.3, 0.4) is 0 Å². The highest BCUT2D eigenvalue weighted by Gasteiger charge is 2.44. The lowest BCUT2D eigenvalue weighted by atomic mass is 10.1. The maximum absolute atomic E-state index is 11.9. The van der Waals surface area contributed by atoms with Crippen LogP contribution < -0.4 is 5.73 Å². The fraction of sp³-hybridized carbons (Fsp3) is 0.222. The molecule has 2 N–H and O–H groups in total. The van der Waals surface area contributed by atoms with Gasteiger partial charge in [-0.25, -0.2) is 8.42 Å². The lowest BCUT2D eigenvalue weighted by molar-refractivity contribution is 0.1000. The second-order valence-corrected chi connectivity index (χ2v) is 8.36. The normalized spacial score (nSPS) is 15.4. The third-order valence-corrected chi connectivity index (χ3v) is 6.13. The van der Waals surface area contributed by atoms with Gasteiger partial charge in [0, 0.05) is 17.5 Å². The largest absolute Gasteiger partial charge is 0.399 e. The molecule has 0 fully saturated rings. The van der Waals surface area contributed by atoms with Gasteiger partial charge in [0.05, 0.1) is 0 Å². The summed E-state index contributed by atoms with van der Waals surface area (Å²) in [6.07, 6.45) is 0.874. The van der Waals surface area contributed by atoms with Crippen molar-refractivity contribution in [3.63, 3.8) is 0 Å². The number of sulfone groups is 1. The number of Topliss-reactive ketones (excluding diaryl/α,β-unsaturated/α-hetero) is 1. The SMILES string of the molecule is CS(=O)(=O)[C@@](Cl)(Br)C(=O)c1cccc(N)c1. The van der Waals surface area contributed by atoms with Crippen molar-refractivity contribution >= 4 is 48.8 Å². The minimum absolute atomic E-state index is 0.136. The number of ketones is 1. The first kappa shape index (κ1) is 13.5. The highest BCUT2D eigenvalue weighted by Crippen LogP contribution is 2.34. The first-order chi connectivity index (χ1) is 7.16. The molecular formula is C9H9BrClNO3S. The first-order valence-corrected chi connectivity index (χ1v) is 7.20. The molecule has 0 aliphatic carbocycles. The van der Waals surface area contributed by atoms with Gasteiger partial charge in [-0.3, -0.25) is 4.79 Å². The van der Waals surface area contributed by atoms with Crippen molar-refractivity contribution in [3.05, 3.63) is 29.8 Å². The van der Waals surface area contributed by atoms with Crippen molar-refractivity contribution in [3.8, 4) is 0 Å². The molecule has 0 amide bonds. The summed E-state index contributed by atoms with van der Waals surface area (Å²) in [7, 11) is -3.77. The summed E-state index contributed by atoms with van der Waals surface area (Å²) >= 11 is 8.40. The topological polar surface area (TPSA) is 77.2 Å². The quantitative estimate of drug-likeness (QED) is 0.522. The van der Waals surface area contributed by atoms with Gasteiger partial charge in [-0.15, -0.1) is 0 Å². The number of hydrogen-bond donors (Lipinski definition) is 1. The van der Waals surface area contributed by atoms with Crippen LogP contribution in [0.25, 0.3) is 0 Å². The molecule has 7 heteroatoms. The van der Waals surface area contributed by atoms with E-state index in [0.717, 1.165) is 6.26 Å². The maximum atomic E-state index is 11.9. The molecule has 1 aromatic rings. The van der Waals surface area contributed by atoms with E-state index in [4.69, 9.17) is 17.3 Å². The number of carbonyl (C=O) groups excluding carboxylic acids is 1. The molecule has 0 aliphatic heterocycles. The predicted molar refractivity (Wildman–Crippen MR) is 67.5 cm³/mol. The van der Waals surface area contributed by atoms with Crippen LogP contribution in [0, 0.1) is 0 Å². The van der Waals surface area contributed by atoms with Gasteiger partial charge in [0.15, 0.2) is 9.84 Å². The van der Waals surface area contributed by atoms with Crippen LogP contribution in [0.1, 0.15) is 10.4 Å². The van der Waals surface area contributed by atoms with Crippen LogP contribution >= 0.6 is 27.5 Å². The van der Waals surface area contributed by atoms with Crippen LogP contribution in [0.5, 0.6) is 0 Å². The molecule has 0 saturated carbocycles. The maximum Gasteiger partial charge on any atom is 0.261 e. The fourth-order valence-electron chi connectivity index (χ4n) is 1.02. The molecular weight excluding hydrogens is 318 g/mol. The zero-order valence-corrected chi connectivity index (χ0v) is 11.4. The summed E-state index contributed by atoms with van der Waals surface area (Å²) in [6, 6.07) is 5.94. The molecule has 88 valence electrons. The molecule has 0 radical (unpaired) electrons. The Hall–Kier alpha value is -0.590. The highest BCUT2D eigenvalue weighted by atomic mass is 79.9. The number of carbonyl (C=O) groups is 1. The minimum atomic E-state index is -3.77. The van der Waals surface area contributed by atoms with Gasteiger partial charge < -0.3 is 5.73 Å². The van der Waals surface area contributed by atoms with E-state index >= 15 is 0 Å². The van der Waals surface area contributed by atoms with Gasteiger partial charge in [0.1, 0.15) is 0 Å². The third kappa shape index (κ3) is 2.56. The van der Waals surface area contributed by atoms with Gasteiger partial charge in [-0.2, -0.15) is 0 Å². The first-order valence-electron chi connectivity index (χ1n) is 4.14. The molecule has 0 aliphatic rings. The smallest absolute Gasteiger partial charge is 0.261 e. The van der Waals surface area contributed by atoms with Crippen molar-refractivity contribution in [2.75, 3.05) is 12.0 Å². The predicted octanol–water partition coefficient (Wildman–Crippen LogP) is 1.78. The van der Waals surface area contributed by atoms with E-state index in [1.165, 1.54) is 12.1 Å². The highest BCUT2D eigenvalue weighted by molar-refractivity contribution is 9.12. The molecule has 1 aromatic carbocycles. The number of hydrogen-bond acceptors (Lipinski definition) is 4. The summed E-state index contributed by atoms with van der Waals surface area (Å²) in [5.41, 5.74) is 5.99. The van der Waals surface area contributed by atoms with E-state index < -0.39 is 18.7 Å². The molecule has 0 heterocycles. The number of rotatable bonds is 3. The van der Waals surface area contributed by atoms with E-state index in [1.807, 2.05) is 0 Å². The van der Waals surface area contributed by atoms with Gasteiger partial charge in [0.2, 0.25) is 5.78 Å². The summed E-state index contributed by atoms with van der Waals surface area (Å²) in [5.74, 6) is -0.760. The van der Waals surface area contributed by atoms with Crippen LogP contribution in [-0.2, 0) is 9.84 Å². The molecule has 0 aromatic heterocycles. The number of nitrogen functional groups attached to an aromatic ring is 1. The number of alkyl halides is 2. The molecule has 0 spiro atoms. The summed E-state index contributed by atoms with van der Waals surface area (Å²) in [6.45, 7) is 0. The molecule has 16 heavy (non-hydrogen) atoms. The van der Waals surface area contributed by atoms with Gasteiger partial charge in [0.25, 0.3) is 3.12 Å². The van der Waals surface area contributed by atoms with Gasteiger partial charge >= 0.3 is 0 Å². The zero-order chi connectivity index (χ0) is 12.6. The number of anilines is 1. The van der Waals surface area contributed by atoms with E-state index in [2.05, 4.69) is 15.9 Å². The Kier molecular flexibility index (Phi) is 3.66. The number of halogens is 2. The molecule has 1 rings (SSSR count). The lowest BCUT2D eigenvalue weighted by Gasteiger charge is -2.16. The molecule has 1 atom stereocenters. The van der Waals surface area contributed by atoms with Crippen molar-refractivity contribution in [1.29, 1.82) is 0 Å². The number of benzene rings is 1. The summed E-state index contributed by atoms with van der Waals surface area (Å²) in [5, 5.41) is 0. The van der Waals surface area contributed by atoms with Crippen LogP contribution in [0.15, 0.2) is 24.3 Å². The monoisotopic (exact) mass is 325 g/mol. The van der Waals surface area contributed by atoms with Crippen LogP contribution in [0.2, 0.25) is 0 Å². The fourth-order valence-corrected chi connectivity index (χ4v) is 1.81. The van der Waals surface area contributed by atoms with Gasteiger partial charge in [-0.1, -0.05) is 23.7 Å². The van der Waals surface area contributed by atoms with Crippen LogP contribution in [-0.4, -0.2) is 23.6 Å². The third-order valence-electron chi connectivity index (χ3n) is 1.88. The second-order valence-electron chi connectivity index (χ2n) is 3.24. The Balaban J connectivity index is 3.23. The Morgan fingerprint density at radius 3 is 2.50 bits per heavy atom. The van der Waals surface area contributed by atoms with E-state index in [9.17, 15) is 13.2 Å². The lowest BCUT2D eigenvalue weighted by Crippen LogP contribution is -2.34. The average Bonchev–Trinajstić information content (AvgIpc) is 2.14. The number of nitrogens with two attached hydrogens (primary N) is 1. The van der Waals surface area contributed by atoms with Crippen molar-refractivity contribution in [2.45, 2.75) is 3.12 Å². The minimum Gasteiger partial charge on any atom is -0.399 e. The van der Waals surface area contributed by atoms with Crippen molar-refractivity contribution in [1.82, 2.24) is 0 Å². The van der Waals surface area contributed by atoms with E-state index in [0.29, 0.717) is 5.69 Å². The Morgan fingerprint density at radius 1 is 1.50 bits per heavy atom.